The van der Waals surface area contributed by atoms with E-state index in [1.54, 1.807) is 6.20 Å². The molecular weight excluding hydrogens is 214 g/mol. The van der Waals surface area contributed by atoms with Crippen LogP contribution in [0.15, 0.2) is 30.5 Å². The minimum atomic E-state index is -0.226. The summed E-state index contributed by atoms with van der Waals surface area (Å²) in [6.07, 6.45) is 3.49. The van der Waals surface area contributed by atoms with Gasteiger partial charge in [-0.15, -0.1) is 0 Å². The van der Waals surface area contributed by atoms with Crippen LogP contribution >= 0.6 is 0 Å². The molecule has 0 saturated carbocycles. The molecule has 1 aromatic heterocycles. The Morgan fingerprint density at radius 3 is 3.06 bits per heavy atom. The number of fused-ring (bicyclic) bond motifs is 1. The van der Waals surface area contributed by atoms with Crippen molar-refractivity contribution >= 4 is 16.6 Å². The largest absolute Gasteiger partial charge is 0.391 e. The molecule has 0 bridgehead atoms. The molecule has 4 nitrogen and oxygen atoms in total. The predicted octanol–water partition coefficient (Wildman–Crippen LogP) is 1.59. The molecule has 1 aliphatic heterocycles. The van der Waals surface area contributed by atoms with Crippen molar-refractivity contribution in [3.63, 3.8) is 0 Å². The van der Waals surface area contributed by atoms with Crippen molar-refractivity contribution in [3.05, 3.63) is 30.5 Å². The molecule has 0 amide bonds. The van der Waals surface area contributed by atoms with Crippen molar-refractivity contribution in [2.24, 2.45) is 0 Å². The molecule has 0 aliphatic carbocycles. The van der Waals surface area contributed by atoms with Crippen LogP contribution in [0.2, 0.25) is 0 Å². The molecule has 2 aromatic rings. The summed E-state index contributed by atoms with van der Waals surface area (Å²) in [5, 5.41) is 19.0. The van der Waals surface area contributed by atoms with Crippen molar-refractivity contribution < 1.29 is 5.11 Å². The lowest BCUT2D eigenvalue weighted by atomic mass is 10.1. The molecular formula is C13H15N3O. The summed E-state index contributed by atoms with van der Waals surface area (Å²) in [6, 6.07) is 7.99. The quantitative estimate of drug-likeness (QED) is 0.806. The second-order valence-electron chi connectivity index (χ2n) is 4.49. The van der Waals surface area contributed by atoms with Gasteiger partial charge in [-0.2, -0.15) is 10.2 Å². The van der Waals surface area contributed by atoms with E-state index < -0.39 is 0 Å². The molecule has 3 rings (SSSR count). The molecule has 1 atom stereocenters. The van der Waals surface area contributed by atoms with Crippen LogP contribution in [0, 0.1) is 0 Å². The Bertz CT molecular complexity index is 524. The van der Waals surface area contributed by atoms with E-state index in [9.17, 15) is 5.11 Å². The average molecular weight is 229 g/mol. The van der Waals surface area contributed by atoms with Crippen molar-refractivity contribution in [3.8, 4) is 0 Å². The third kappa shape index (κ3) is 1.96. The first-order chi connectivity index (χ1) is 8.34. The Morgan fingerprint density at radius 2 is 2.18 bits per heavy atom. The fourth-order valence-corrected chi connectivity index (χ4v) is 2.42. The zero-order valence-electron chi connectivity index (χ0n) is 9.58. The summed E-state index contributed by atoms with van der Waals surface area (Å²) in [5.41, 5.74) is 1.99. The predicted molar refractivity (Wildman–Crippen MR) is 67.0 cm³/mol. The van der Waals surface area contributed by atoms with E-state index in [0.29, 0.717) is 6.54 Å². The van der Waals surface area contributed by atoms with Gasteiger partial charge in [-0.3, -0.25) is 0 Å². The highest BCUT2D eigenvalue weighted by atomic mass is 16.3. The average Bonchev–Trinajstić information content (AvgIpc) is 2.38. The number of β-amino-alcohol motifs (C(OH)–C–C–N with tert-alkyl or cyclic N) is 1. The van der Waals surface area contributed by atoms with E-state index in [4.69, 9.17) is 0 Å². The lowest BCUT2D eigenvalue weighted by molar-refractivity contribution is 0.154. The van der Waals surface area contributed by atoms with Gasteiger partial charge in [-0.1, -0.05) is 18.2 Å². The third-order valence-corrected chi connectivity index (χ3v) is 3.26. The molecule has 0 radical (unpaired) electrons. The Hall–Kier alpha value is -1.68. The molecule has 1 N–H and O–H groups in total. The van der Waals surface area contributed by atoms with Gasteiger partial charge in [0.25, 0.3) is 0 Å². The van der Waals surface area contributed by atoms with Gasteiger partial charge in [0, 0.05) is 18.5 Å². The normalized spacial score (nSPS) is 20.8. The van der Waals surface area contributed by atoms with E-state index in [1.165, 1.54) is 0 Å². The van der Waals surface area contributed by atoms with Gasteiger partial charge in [-0.25, -0.2) is 0 Å². The van der Waals surface area contributed by atoms with Gasteiger partial charge >= 0.3 is 0 Å². The summed E-state index contributed by atoms with van der Waals surface area (Å²) >= 11 is 0. The Morgan fingerprint density at radius 1 is 1.29 bits per heavy atom. The van der Waals surface area contributed by atoms with Gasteiger partial charge in [0.15, 0.2) is 0 Å². The fraction of sp³-hybridized carbons (Fsp3) is 0.385. The van der Waals surface area contributed by atoms with Crippen molar-refractivity contribution in [2.75, 3.05) is 18.0 Å². The molecule has 4 heteroatoms. The van der Waals surface area contributed by atoms with E-state index >= 15 is 0 Å². The number of rotatable bonds is 1. The number of anilines is 1. The van der Waals surface area contributed by atoms with Gasteiger partial charge < -0.3 is 10.0 Å². The van der Waals surface area contributed by atoms with Crippen molar-refractivity contribution in [2.45, 2.75) is 18.9 Å². The highest BCUT2D eigenvalue weighted by Gasteiger charge is 2.19. The number of aromatic nitrogens is 2. The van der Waals surface area contributed by atoms with Crippen LogP contribution in [0.4, 0.5) is 5.69 Å². The molecule has 1 aromatic carbocycles. The second-order valence-corrected chi connectivity index (χ2v) is 4.49. The maximum Gasteiger partial charge on any atom is 0.0950 e. The number of benzene rings is 1. The summed E-state index contributed by atoms with van der Waals surface area (Å²) in [5.74, 6) is 0. The number of hydrogen-bond acceptors (Lipinski definition) is 4. The highest BCUT2D eigenvalue weighted by molar-refractivity contribution is 5.90. The minimum Gasteiger partial charge on any atom is -0.391 e. The Labute approximate surface area is 99.9 Å². The van der Waals surface area contributed by atoms with E-state index in [0.717, 1.165) is 36.0 Å². The maximum atomic E-state index is 9.74. The number of aliphatic hydroxyl groups excluding tert-OH is 1. The van der Waals surface area contributed by atoms with Crippen LogP contribution in [0.25, 0.3) is 10.9 Å². The first-order valence-corrected chi connectivity index (χ1v) is 5.98. The van der Waals surface area contributed by atoms with Crippen LogP contribution in [0.1, 0.15) is 12.8 Å². The molecule has 1 unspecified atom stereocenters. The van der Waals surface area contributed by atoms with E-state index in [1.807, 2.05) is 18.2 Å². The summed E-state index contributed by atoms with van der Waals surface area (Å²) in [7, 11) is 0. The van der Waals surface area contributed by atoms with Crippen LogP contribution in [-0.2, 0) is 0 Å². The van der Waals surface area contributed by atoms with Gasteiger partial charge in [0.1, 0.15) is 0 Å². The monoisotopic (exact) mass is 229 g/mol. The Kier molecular flexibility index (Phi) is 2.65. The highest BCUT2D eigenvalue weighted by Crippen LogP contribution is 2.26. The van der Waals surface area contributed by atoms with Crippen LogP contribution in [0.3, 0.4) is 0 Å². The molecule has 17 heavy (non-hydrogen) atoms. The number of hydrogen-bond donors (Lipinski definition) is 1. The Balaban J connectivity index is 2.04. The number of nitrogens with zero attached hydrogens (tertiary/aromatic N) is 3. The molecule has 1 fully saturated rings. The summed E-state index contributed by atoms with van der Waals surface area (Å²) < 4.78 is 0. The first-order valence-electron chi connectivity index (χ1n) is 5.98. The van der Waals surface area contributed by atoms with Crippen LogP contribution < -0.4 is 4.90 Å². The third-order valence-electron chi connectivity index (χ3n) is 3.26. The molecule has 1 aliphatic rings. The molecule has 0 spiro atoms. The van der Waals surface area contributed by atoms with Crippen LogP contribution in [-0.4, -0.2) is 34.5 Å². The van der Waals surface area contributed by atoms with Crippen molar-refractivity contribution in [1.82, 2.24) is 10.2 Å². The van der Waals surface area contributed by atoms with Crippen LogP contribution in [0.5, 0.6) is 0 Å². The first kappa shape index (κ1) is 10.5. The minimum absolute atomic E-state index is 0.226. The van der Waals surface area contributed by atoms with E-state index in [2.05, 4.69) is 21.2 Å². The lowest BCUT2D eigenvalue weighted by Crippen LogP contribution is -2.38. The molecule has 88 valence electrons. The fourth-order valence-electron chi connectivity index (χ4n) is 2.42. The SMILES string of the molecule is OC1CCCN(c2cnnc3ccccc23)C1. The smallest absolute Gasteiger partial charge is 0.0950 e. The number of piperidine rings is 1. The zero-order chi connectivity index (χ0) is 11.7. The van der Waals surface area contributed by atoms with Gasteiger partial charge in [0.05, 0.1) is 23.5 Å². The maximum absolute atomic E-state index is 9.74. The standard InChI is InChI=1S/C13H15N3O/c17-10-4-3-7-16(9-10)13-8-14-15-12-6-2-1-5-11(12)13/h1-2,5-6,8,10,17H,3-4,7,9H2. The second kappa shape index (κ2) is 4.30. The summed E-state index contributed by atoms with van der Waals surface area (Å²) in [4.78, 5) is 2.20. The van der Waals surface area contributed by atoms with Gasteiger partial charge in [-0.05, 0) is 18.9 Å². The topological polar surface area (TPSA) is 49.2 Å². The summed E-state index contributed by atoms with van der Waals surface area (Å²) in [6.45, 7) is 1.67. The lowest BCUT2D eigenvalue weighted by Gasteiger charge is -2.32. The molecule has 2 heterocycles. The zero-order valence-corrected chi connectivity index (χ0v) is 9.58. The molecule has 1 saturated heterocycles. The number of aliphatic hydroxyl groups is 1. The van der Waals surface area contributed by atoms with Crippen molar-refractivity contribution in [1.29, 1.82) is 0 Å². The van der Waals surface area contributed by atoms with Gasteiger partial charge in [0.2, 0.25) is 0 Å². The van der Waals surface area contributed by atoms with E-state index in [-0.39, 0.29) is 6.10 Å².